The molecule has 1 aliphatic rings. The third-order valence-corrected chi connectivity index (χ3v) is 4.77. The Balaban J connectivity index is 1.74. The Morgan fingerprint density at radius 1 is 1.04 bits per heavy atom. The first-order chi connectivity index (χ1) is 11.6. The minimum Gasteiger partial charge on any atom is -0.341 e. The number of benzene rings is 1. The van der Waals surface area contributed by atoms with Gasteiger partial charge in [-0.25, -0.2) is 4.39 Å². The summed E-state index contributed by atoms with van der Waals surface area (Å²) in [6.45, 7) is 2.70. The summed E-state index contributed by atoms with van der Waals surface area (Å²) in [7, 11) is 0. The second kappa shape index (κ2) is 9.67. The Kier molecular flexibility index (Phi) is 7.56. The lowest BCUT2D eigenvalue weighted by molar-refractivity contribution is -0.132. The summed E-state index contributed by atoms with van der Waals surface area (Å²) in [4.78, 5) is 28.0. The van der Waals surface area contributed by atoms with Crippen LogP contribution < -0.4 is 0 Å². The van der Waals surface area contributed by atoms with E-state index < -0.39 is 0 Å². The van der Waals surface area contributed by atoms with Crippen molar-refractivity contribution in [3.05, 3.63) is 35.6 Å². The summed E-state index contributed by atoms with van der Waals surface area (Å²) in [6, 6.07) is 6.43. The highest BCUT2D eigenvalue weighted by Crippen LogP contribution is 2.11. The fourth-order valence-electron chi connectivity index (χ4n) is 2.88. The van der Waals surface area contributed by atoms with Crippen LogP contribution in [0.3, 0.4) is 0 Å². The molecule has 0 aromatic heterocycles. The van der Waals surface area contributed by atoms with Gasteiger partial charge in [0.25, 0.3) is 0 Å². The number of halogens is 1. The van der Waals surface area contributed by atoms with Gasteiger partial charge in [-0.1, -0.05) is 12.1 Å². The number of hydrogen-bond acceptors (Lipinski definition) is 3. The van der Waals surface area contributed by atoms with E-state index in [2.05, 4.69) is 0 Å². The Labute approximate surface area is 147 Å². The molecule has 0 aliphatic carbocycles. The minimum atomic E-state index is -0.236. The van der Waals surface area contributed by atoms with Gasteiger partial charge in [-0.2, -0.15) is 11.8 Å². The van der Waals surface area contributed by atoms with E-state index in [1.165, 1.54) is 23.9 Å². The molecular weight excluding hydrogens is 327 g/mol. The van der Waals surface area contributed by atoms with Gasteiger partial charge < -0.3 is 9.80 Å². The predicted octanol–water partition coefficient (Wildman–Crippen LogP) is 2.57. The Bertz CT molecular complexity index is 550. The van der Waals surface area contributed by atoms with Gasteiger partial charge in [-0.05, 0) is 43.2 Å². The van der Waals surface area contributed by atoms with Crippen molar-refractivity contribution < 1.29 is 14.0 Å². The molecule has 132 valence electrons. The van der Waals surface area contributed by atoms with Gasteiger partial charge >= 0.3 is 0 Å². The molecule has 4 nitrogen and oxygen atoms in total. The minimum absolute atomic E-state index is 0.149. The van der Waals surface area contributed by atoms with Crippen LogP contribution in [0, 0.1) is 5.82 Å². The fourth-order valence-corrected chi connectivity index (χ4v) is 3.31. The molecule has 2 rings (SSSR count). The van der Waals surface area contributed by atoms with E-state index in [0.717, 1.165) is 37.9 Å². The maximum Gasteiger partial charge on any atom is 0.232 e. The zero-order chi connectivity index (χ0) is 17.4. The number of nitrogens with zero attached hydrogens (tertiary/aromatic N) is 2. The van der Waals surface area contributed by atoms with Crippen LogP contribution in [0.25, 0.3) is 0 Å². The highest BCUT2D eigenvalue weighted by Gasteiger charge is 2.21. The highest BCUT2D eigenvalue weighted by molar-refractivity contribution is 7.99. The zero-order valence-electron chi connectivity index (χ0n) is 14.2. The largest absolute Gasteiger partial charge is 0.341 e. The lowest BCUT2D eigenvalue weighted by atomic mass is 10.1. The van der Waals surface area contributed by atoms with Crippen LogP contribution in [0.5, 0.6) is 0 Å². The molecule has 1 saturated heterocycles. The number of amides is 2. The average Bonchev–Trinajstić information content (AvgIpc) is 2.83. The van der Waals surface area contributed by atoms with E-state index >= 15 is 0 Å². The molecule has 0 atom stereocenters. The van der Waals surface area contributed by atoms with Crippen LogP contribution in [0.1, 0.15) is 24.8 Å². The summed E-state index contributed by atoms with van der Waals surface area (Å²) >= 11 is 1.53. The summed E-state index contributed by atoms with van der Waals surface area (Å²) in [5, 5.41) is 0. The first kappa shape index (κ1) is 18.8. The van der Waals surface area contributed by atoms with Crippen molar-refractivity contribution in [3.8, 4) is 0 Å². The number of rotatable bonds is 6. The molecule has 0 bridgehead atoms. The molecule has 0 unspecified atom stereocenters. The number of thioether (sulfide) groups is 1. The lowest BCUT2D eigenvalue weighted by Gasteiger charge is -2.22. The van der Waals surface area contributed by atoms with Crippen LogP contribution >= 0.6 is 11.8 Å². The number of hydrogen-bond donors (Lipinski definition) is 0. The summed E-state index contributed by atoms with van der Waals surface area (Å²) < 4.78 is 12.9. The average molecular weight is 352 g/mol. The molecule has 2 amide bonds. The van der Waals surface area contributed by atoms with Gasteiger partial charge in [-0.15, -0.1) is 0 Å². The highest BCUT2D eigenvalue weighted by atomic mass is 32.2. The Hall–Kier alpha value is -1.56. The smallest absolute Gasteiger partial charge is 0.232 e. The molecule has 0 radical (unpaired) electrons. The maximum atomic E-state index is 12.9. The van der Waals surface area contributed by atoms with Crippen molar-refractivity contribution in [2.24, 2.45) is 0 Å². The Morgan fingerprint density at radius 3 is 2.29 bits per heavy atom. The predicted molar refractivity (Wildman–Crippen MR) is 95.5 cm³/mol. The second-order valence-electron chi connectivity index (χ2n) is 6.03. The van der Waals surface area contributed by atoms with Crippen LogP contribution in [0.2, 0.25) is 0 Å². The van der Waals surface area contributed by atoms with Gasteiger partial charge in [0, 0.05) is 32.6 Å². The molecule has 6 heteroatoms. The van der Waals surface area contributed by atoms with Gasteiger partial charge in [-0.3, -0.25) is 9.59 Å². The number of carbonyl (C=O) groups excluding carboxylic acids is 2. The molecular formula is C18H25FN2O2S. The first-order valence-corrected chi connectivity index (χ1v) is 9.78. The monoisotopic (exact) mass is 352 g/mol. The van der Waals surface area contributed by atoms with Gasteiger partial charge in [0.2, 0.25) is 11.8 Å². The molecule has 1 heterocycles. The maximum absolute atomic E-state index is 12.9. The number of carbonyl (C=O) groups is 2. The summed E-state index contributed by atoms with van der Waals surface area (Å²) in [5.41, 5.74) is 1.05. The van der Waals surface area contributed by atoms with Crippen LogP contribution in [0.4, 0.5) is 4.39 Å². The topological polar surface area (TPSA) is 40.6 Å². The third kappa shape index (κ3) is 5.82. The molecule has 1 aromatic rings. The van der Waals surface area contributed by atoms with E-state index in [4.69, 9.17) is 0 Å². The van der Waals surface area contributed by atoms with Gasteiger partial charge in [0.05, 0.1) is 5.75 Å². The lowest BCUT2D eigenvalue weighted by Crippen LogP contribution is -2.38. The van der Waals surface area contributed by atoms with E-state index in [1.807, 2.05) is 16.1 Å². The van der Waals surface area contributed by atoms with Crippen molar-refractivity contribution in [1.82, 2.24) is 9.80 Å². The van der Waals surface area contributed by atoms with Crippen LogP contribution in [-0.4, -0.2) is 59.8 Å². The Morgan fingerprint density at radius 2 is 1.67 bits per heavy atom. The quantitative estimate of drug-likeness (QED) is 0.790. The molecule has 0 spiro atoms. The zero-order valence-corrected chi connectivity index (χ0v) is 15.0. The van der Waals surface area contributed by atoms with Crippen LogP contribution in [0.15, 0.2) is 24.3 Å². The van der Waals surface area contributed by atoms with E-state index in [1.54, 1.807) is 12.1 Å². The summed E-state index contributed by atoms with van der Waals surface area (Å²) in [6.07, 6.45) is 4.79. The van der Waals surface area contributed by atoms with Crippen molar-refractivity contribution in [2.75, 3.05) is 38.2 Å². The standard InChI is InChI=1S/C18H25FN2O2S/c1-24-14-18(23)21-11-3-10-20(12-13-21)17(22)5-2-4-15-6-8-16(19)9-7-15/h6-9H,2-5,10-14H2,1H3. The van der Waals surface area contributed by atoms with Gasteiger partial charge in [0.1, 0.15) is 5.82 Å². The third-order valence-electron chi connectivity index (χ3n) is 4.24. The van der Waals surface area contributed by atoms with E-state index in [0.29, 0.717) is 25.3 Å². The van der Waals surface area contributed by atoms with Crippen molar-refractivity contribution in [2.45, 2.75) is 25.7 Å². The van der Waals surface area contributed by atoms with E-state index in [-0.39, 0.29) is 17.6 Å². The molecule has 1 fully saturated rings. The van der Waals surface area contributed by atoms with Crippen molar-refractivity contribution in [3.63, 3.8) is 0 Å². The number of aryl methyl sites for hydroxylation is 1. The van der Waals surface area contributed by atoms with E-state index in [9.17, 15) is 14.0 Å². The van der Waals surface area contributed by atoms with Crippen molar-refractivity contribution >= 4 is 23.6 Å². The molecule has 1 aromatic carbocycles. The fraction of sp³-hybridized carbons (Fsp3) is 0.556. The normalized spacial score (nSPS) is 15.2. The molecule has 0 N–H and O–H groups in total. The SMILES string of the molecule is CSCC(=O)N1CCCN(C(=O)CCCc2ccc(F)cc2)CC1. The van der Waals surface area contributed by atoms with Crippen LogP contribution in [-0.2, 0) is 16.0 Å². The van der Waals surface area contributed by atoms with Gasteiger partial charge in [0.15, 0.2) is 0 Å². The summed E-state index contributed by atoms with van der Waals surface area (Å²) in [5.74, 6) is 0.579. The second-order valence-corrected chi connectivity index (χ2v) is 6.89. The first-order valence-electron chi connectivity index (χ1n) is 8.39. The molecule has 24 heavy (non-hydrogen) atoms. The molecule has 0 saturated carbocycles. The molecule has 1 aliphatic heterocycles. The van der Waals surface area contributed by atoms with Crippen molar-refractivity contribution in [1.29, 1.82) is 0 Å².